The minimum atomic E-state index is -1.12. The van der Waals surface area contributed by atoms with Crippen LogP contribution in [-0.2, 0) is 4.79 Å². The van der Waals surface area contributed by atoms with Crippen molar-refractivity contribution >= 4 is 17.7 Å². The number of amides is 2. The number of urea groups is 1. The molecule has 1 aromatic carbocycles. The maximum atomic E-state index is 13.6. The third-order valence-corrected chi connectivity index (χ3v) is 3.43. The minimum Gasteiger partial charge on any atom is -0.481 e. The number of carboxylic acids is 1. The SMILES string of the molecule is CCC(C)(CNC(=O)Nc1cc(F)c(C)cc1F)C(=O)O. The average molecular weight is 300 g/mol. The predicted octanol–water partition coefficient (Wildman–Crippen LogP) is 2.90. The van der Waals surface area contributed by atoms with Crippen LogP contribution in [-0.4, -0.2) is 23.7 Å². The first kappa shape index (κ1) is 16.9. The van der Waals surface area contributed by atoms with Crippen LogP contribution in [0.1, 0.15) is 25.8 Å². The fourth-order valence-corrected chi connectivity index (χ4v) is 1.54. The lowest BCUT2D eigenvalue weighted by Gasteiger charge is -2.23. The van der Waals surface area contributed by atoms with Gasteiger partial charge in [0.05, 0.1) is 11.1 Å². The Labute approximate surface area is 121 Å². The fourth-order valence-electron chi connectivity index (χ4n) is 1.54. The molecule has 0 fully saturated rings. The van der Waals surface area contributed by atoms with Gasteiger partial charge >= 0.3 is 12.0 Å². The molecule has 0 aliphatic rings. The van der Waals surface area contributed by atoms with Crippen molar-refractivity contribution in [3.8, 4) is 0 Å². The highest BCUT2D eigenvalue weighted by Gasteiger charge is 2.31. The maximum absolute atomic E-state index is 13.6. The molecule has 0 saturated heterocycles. The summed E-state index contributed by atoms with van der Waals surface area (Å²) in [5, 5.41) is 13.6. The molecule has 0 saturated carbocycles. The number of carboxylic acid groups (broad SMARTS) is 1. The molecule has 0 bridgehead atoms. The fraction of sp³-hybridized carbons (Fsp3) is 0.429. The normalized spacial score (nSPS) is 13.4. The second-order valence-electron chi connectivity index (χ2n) is 5.11. The van der Waals surface area contributed by atoms with Crippen molar-refractivity contribution in [2.75, 3.05) is 11.9 Å². The number of carbonyl (C=O) groups excluding carboxylic acids is 1. The van der Waals surface area contributed by atoms with Gasteiger partial charge in [0, 0.05) is 12.6 Å². The van der Waals surface area contributed by atoms with Crippen LogP contribution in [0.5, 0.6) is 0 Å². The molecule has 2 amide bonds. The Morgan fingerprint density at radius 1 is 1.29 bits per heavy atom. The molecule has 0 aliphatic heterocycles. The zero-order valence-corrected chi connectivity index (χ0v) is 12.1. The maximum Gasteiger partial charge on any atom is 0.319 e. The summed E-state index contributed by atoms with van der Waals surface area (Å²) >= 11 is 0. The van der Waals surface area contributed by atoms with Crippen molar-refractivity contribution in [2.24, 2.45) is 5.41 Å². The highest BCUT2D eigenvalue weighted by molar-refractivity contribution is 5.89. The smallest absolute Gasteiger partial charge is 0.319 e. The van der Waals surface area contributed by atoms with Crippen LogP contribution in [0.4, 0.5) is 19.3 Å². The van der Waals surface area contributed by atoms with Crippen molar-refractivity contribution in [3.63, 3.8) is 0 Å². The summed E-state index contributed by atoms with van der Waals surface area (Å²) in [7, 11) is 0. The average Bonchev–Trinajstić information content (AvgIpc) is 2.42. The lowest BCUT2D eigenvalue weighted by atomic mass is 9.88. The molecule has 0 heterocycles. The highest BCUT2D eigenvalue weighted by atomic mass is 19.1. The first-order valence-electron chi connectivity index (χ1n) is 6.43. The van der Waals surface area contributed by atoms with Gasteiger partial charge < -0.3 is 15.7 Å². The Morgan fingerprint density at radius 2 is 1.90 bits per heavy atom. The van der Waals surface area contributed by atoms with Gasteiger partial charge in [-0.1, -0.05) is 6.92 Å². The van der Waals surface area contributed by atoms with E-state index in [4.69, 9.17) is 5.11 Å². The zero-order chi connectivity index (χ0) is 16.2. The number of anilines is 1. The lowest BCUT2D eigenvalue weighted by molar-refractivity contribution is -0.147. The molecule has 21 heavy (non-hydrogen) atoms. The number of nitrogens with one attached hydrogen (secondary N) is 2. The van der Waals surface area contributed by atoms with Crippen LogP contribution in [0.2, 0.25) is 0 Å². The molecule has 0 spiro atoms. The lowest BCUT2D eigenvalue weighted by Crippen LogP contribution is -2.42. The van der Waals surface area contributed by atoms with E-state index in [1.165, 1.54) is 13.8 Å². The zero-order valence-electron chi connectivity index (χ0n) is 12.1. The number of rotatable bonds is 5. The number of hydrogen-bond acceptors (Lipinski definition) is 2. The number of carbonyl (C=O) groups is 2. The molecule has 1 rings (SSSR count). The minimum absolute atomic E-state index is 0.124. The van der Waals surface area contributed by atoms with E-state index in [-0.39, 0.29) is 17.8 Å². The topological polar surface area (TPSA) is 78.4 Å². The molecule has 3 N–H and O–H groups in total. The van der Waals surface area contributed by atoms with Crippen LogP contribution in [0.15, 0.2) is 12.1 Å². The summed E-state index contributed by atoms with van der Waals surface area (Å²) in [6.45, 7) is 4.45. The van der Waals surface area contributed by atoms with E-state index in [0.717, 1.165) is 12.1 Å². The molecule has 0 radical (unpaired) electrons. The van der Waals surface area contributed by atoms with Crippen LogP contribution >= 0.6 is 0 Å². The summed E-state index contributed by atoms with van der Waals surface area (Å²) in [5.74, 6) is -2.45. The number of aryl methyl sites for hydroxylation is 1. The van der Waals surface area contributed by atoms with E-state index in [1.807, 2.05) is 0 Å². The third kappa shape index (κ3) is 4.14. The molecule has 1 unspecified atom stereocenters. The molecule has 1 aromatic rings. The van der Waals surface area contributed by atoms with E-state index in [9.17, 15) is 18.4 Å². The number of aliphatic carboxylic acids is 1. The summed E-state index contributed by atoms with van der Waals surface area (Å²) in [6, 6.07) is 1.05. The van der Waals surface area contributed by atoms with Crippen molar-refractivity contribution < 1.29 is 23.5 Å². The molecule has 1 atom stereocenters. The van der Waals surface area contributed by atoms with Gasteiger partial charge in [-0.25, -0.2) is 13.6 Å². The second kappa shape index (κ2) is 6.51. The van der Waals surface area contributed by atoms with E-state index >= 15 is 0 Å². The summed E-state index contributed by atoms with van der Waals surface area (Å²) in [5.41, 5.74) is -1.29. The van der Waals surface area contributed by atoms with Crippen molar-refractivity contribution in [3.05, 3.63) is 29.3 Å². The Bertz CT molecular complexity index is 563. The van der Waals surface area contributed by atoms with Gasteiger partial charge in [0.15, 0.2) is 0 Å². The third-order valence-electron chi connectivity index (χ3n) is 3.43. The predicted molar refractivity (Wildman–Crippen MR) is 74.2 cm³/mol. The number of benzene rings is 1. The van der Waals surface area contributed by atoms with Crippen molar-refractivity contribution in [1.29, 1.82) is 0 Å². The standard InChI is InChI=1S/C14H18F2N2O3/c1-4-14(3,12(19)20)7-17-13(21)18-11-6-9(15)8(2)5-10(11)16/h5-6H,4,7H2,1-3H3,(H,19,20)(H2,17,18,21). The molecular formula is C14H18F2N2O3. The molecule has 5 nitrogen and oxygen atoms in total. The Balaban J connectivity index is 2.71. The van der Waals surface area contributed by atoms with Gasteiger partial charge in [0.1, 0.15) is 11.6 Å². The quantitative estimate of drug-likeness (QED) is 0.782. The van der Waals surface area contributed by atoms with Gasteiger partial charge in [0.2, 0.25) is 0 Å². The van der Waals surface area contributed by atoms with Crippen LogP contribution < -0.4 is 10.6 Å². The van der Waals surface area contributed by atoms with Crippen molar-refractivity contribution in [1.82, 2.24) is 5.32 Å². The van der Waals surface area contributed by atoms with E-state index in [1.54, 1.807) is 6.92 Å². The van der Waals surface area contributed by atoms with Gasteiger partial charge in [-0.15, -0.1) is 0 Å². The van der Waals surface area contributed by atoms with Crippen LogP contribution in [0, 0.1) is 24.0 Å². The number of halogens is 2. The van der Waals surface area contributed by atoms with Gasteiger partial charge in [0.25, 0.3) is 0 Å². The summed E-state index contributed by atoms with van der Waals surface area (Å²) in [4.78, 5) is 22.7. The molecule has 116 valence electrons. The van der Waals surface area contributed by atoms with E-state index < -0.39 is 29.0 Å². The van der Waals surface area contributed by atoms with E-state index in [2.05, 4.69) is 10.6 Å². The highest BCUT2D eigenvalue weighted by Crippen LogP contribution is 2.21. The summed E-state index contributed by atoms with van der Waals surface area (Å²) in [6.07, 6.45) is 0.316. The van der Waals surface area contributed by atoms with Crippen molar-refractivity contribution in [2.45, 2.75) is 27.2 Å². The van der Waals surface area contributed by atoms with Gasteiger partial charge in [-0.05, 0) is 31.9 Å². The molecule has 0 aliphatic carbocycles. The number of hydrogen-bond donors (Lipinski definition) is 3. The Hall–Kier alpha value is -2.18. The first-order valence-corrected chi connectivity index (χ1v) is 6.43. The van der Waals surface area contributed by atoms with Crippen LogP contribution in [0.25, 0.3) is 0 Å². The van der Waals surface area contributed by atoms with E-state index in [0.29, 0.717) is 6.42 Å². The second-order valence-corrected chi connectivity index (χ2v) is 5.11. The first-order chi connectivity index (χ1) is 9.69. The Kier molecular flexibility index (Phi) is 5.23. The van der Waals surface area contributed by atoms with Gasteiger partial charge in [-0.2, -0.15) is 0 Å². The van der Waals surface area contributed by atoms with Gasteiger partial charge in [-0.3, -0.25) is 4.79 Å². The largest absolute Gasteiger partial charge is 0.481 e. The Morgan fingerprint density at radius 3 is 2.43 bits per heavy atom. The summed E-state index contributed by atoms with van der Waals surface area (Å²) < 4.78 is 26.9. The molecule has 7 heteroatoms. The monoisotopic (exact) mass is 300 g/mol. The molecular weight excluding hydrogens is 282 g/mol. The van der Waals surface area contributed by atoms with Crippen LogP contribution in [0.3, 0.4) is 0 Å². The molecule has 0 aromatic heterocycles.